The molecular formula is C22H20ClN5O4. The normalized spacial score (nSPS) is 14.1. The van der Waals surface area contributed by atoms with Gasteiger partial charge in [-0.1, -0.05) is 23.7 Å². The molecule has 4 rings (SSSR count). The number of amides is 2. The Hall–Kier alpha value is -3.77. The van der Waals surface area contributed by atoms with E-state index in [1.54, 1.807) is 36.4 Å². The summed E-state index contributed by atoms with van der Waals surface area (Å²) in [5, 5.41) is 10.00. The molecule has 0 saturated carbocycles. The number of carbonyl (C=O) groups is 2. The van der Waals surface area contributed by atoms with Crippen molar-refractivity contribution < 1.29 is 18.4 Å². The van der Waals surface area contributed by atoms with Gasteiger partial charge in [0.15, 0.2) is 5.76 Å². The second kappa shape index (κ2) is 9.58. The van der Waals surface area contributed by atoms with Crippen LogP contribution >= 0.6 is 11.6 Å². The van der Waals surface area contributed by atoms with E-state index in [2.05, 4.69) is 15.8 Å². The van der Waals surface area contributed by atoms with Crippen molar-refractivity contribution in [2.45, 2.75) is 19.3 Å². The van der Waals surface area contributed by atoms with Gasteiger partial charge in [-0.2, -0.15) is 10.2 Å². The van der Waals surface area contributed by atoms with Gasteiger partial charge in [0, 0.05) is 24.0 Å². The zero-order valence-electron chi connectivity index (χ0n) is 17.0. The van der Waals surface area contributed by atoms with E-state index in [0.29, 0.717) is 42.6 Å². The van der Waals surface area contributed by atoms with Crippen molar-refractivity contribution in [2.24, 2.45) is 5.92 Å². The number of hydrogen-bond acceptors (Lipinski definition) is 7. The summed E-state index contributed by atoms with van der Waals surface area (Å²) in [6, 6.07) is 12.4. The number of rotatable bonds is 5. The molecule has 2 N–H and O–H groups in total. The SMILES string of the molecule is N#Cc1nc(-c2ccco2)oc1N1CCC(C(=O)NNC(=O)Cc2ccc(Cl)cc2)CC1. The van der Waals surface area contributed by atoms with Gasteiger partial charge in [-0.15, -0.1) is 0 Å². The Morgan fingerprint density at radius 2 is 1.94 bits per heavy atom. The Bertz CT molecular complexity index is 1130. The number of piperidine rings is 1. The molecule has 3 aromatic rings. The van der Waals surface area contributed by atoms with Crippen LogP contribution < -0.4 is 15.8 Å². The number of hydrogen-bond donors (Lipinski definition) is 2. The average Bonchev–Trinajstić information content (AvgIpc) is 3.49. The van der Waals surface area contributed by atoms with Crippen LogP contribution in [0.1, 0.15) is 24.1 Å². The minimum absolute atomic E-state index is 0.135. The second-order valence-electron chi connectivity index (χ2n) is 7.36. The van der Waals surface area contributed by atoms with Crippen LogP contribution in [0.4, 0.5) is 5.88 Å². The zero-order valence-corrected chi connectivity index (χ0v) is 17.8. The van der Waals surface area contributed by atoms with Gasteiger partial charge in [0.05, 0.1) is 12.7 Å². The number of nitrogens with zero attached hydrogens (tertiary/aromatic N) is 3. The van der Waals surface area contributed by atoms with Gasteiger partial charge < -0.3 is 13.7 Å². The van der Waals surface area contributed by atoms with E-state index in [9.17, 15) is 14.9 Å². The molecule has 1 aliphatic rings. The standard InChI is InChI=1S/C22H20ClN5O4/c23-16-5-3-14(4-6-16)12-19(29)26-27-20(30)15-7-9-28(10-8-15)22-17(13-24)25-21(32-22)18-2-1-11-31-18/h1-6,11,15H,7-10,12H2,(H,26,29)(H,27,30). The number of nitrogens with one attached hydrogen (secondary N) is 2. The molecular weight excluding hydrogens is 434 g/mol. The third kappa shape index (κ3) is 4.92. The first-order valence-electron chi connectivity index (χ1n) is 10.1. The molecule has 32 heavy (non-hydrogen) atoms. The van der Waals surface area contributed by atoms with Crippen molar-refractivity contribution in [3.8, 4) is 17.7 Å². The summed E-state index contributed by atoms with van der Waals surface area (Å²) in [5.41, 5.74) is 5.93. The van der Waals surface area contributed by atoms with Crippen LogP contribution in [0.15, 0.2) is 51.5 Å². The smallest absolute Gasteiger partial charge is 0.266 e. The summed E-state index contributed by atoms with van der Waals surface area (Å²) in [6.45, 7) is 1.02. The van der Waals surface area contributed by atoms with Crippen molar-refractivity contribution in [1.82, 2.24) is 15.8 Å². The molecule has 164 valence electrons. The lowest BCUT2D eigenvalue weighted by Gasteiger charge is -2.30. The lowest BCUT2D eigenvalue weighted by Crippen LogP contribution is -2.47. The van der Waals surface area contributed by atoms with Crippen LogP contribution in [0, 0.1) is 17.2 Å². The number of halogens is 1. The largest absolute Gasteiger partial charge is 0.459 e. The Morgan fingerprint density at radius 3 is 2.59 bits per heavy atom. The molecule has 1 aromatic carbocycles. The zero-order chi connectivity index (χ0) is 22.5. The first-order chi connectivity index (χ1) is 15.5. The van der Waals surface area contributed by atoms with Gasteiger partial charge in [-0.25, -0.2) is 0 Å². The van der Waals surface area contributed by atoms with Crippen LogP contribution in [-0.4, -0.2) is 29.9 Å². The maximum Gasteiger partial charge on any atom is 0.266 e. The summed E-state index contributed by atoms with van der Waals surface area (Å²) < 4.78 is 11.0. The van der Waals surface area contributed by atoms with E-state index in [1.165, 1.54) is 6.26 Å². The fraction of sp³-hybridized carbons (Fsp3) is 0.273. The molecule has 3 heterocycles. The molecule has 1 saturated heterocycles. The molecule has 0 unspecified atom stereocenters. The topological polar surface area (TPSA) is 124 Å². The fourth-order valence-corrected chi connectivity index (χ4v) is 3.64. The highest BCUT2D eigenvalue weighted by molar-refractivity contribution is 6.30. The molecule has 1 aliphatic heterocycles. The molecule has 0 radical (unpaired) electrons. The van der Waals surface area contributed by atoms with Crippen LogP contribution in [0.3, 0.4) is 0 Å². The molecule has 0 bridgehead atoms. The molecule has 0 spiro atoms. The van der Waals surface area contributed by atoms with E-state index in [4.69, 9.17) is 20.4 Å². The number of hydrazine groups is 1. The molecule has 0 atom stereocenters. The third-order valence-corrected chi connectivity index (χ3v) is 5.46. The maximum atomic E-state index is 12.5. The average molecular weight is 454 g/mol. The monoisotopic (exact) mass is 453 g/mol. The Morgan fingerprint density at radius 1 is 1.19 bits per heavy atom. The highest BCUT2D eigenvalue weighted by Gasteiger charge is 2.29. The summed E-state index contributed by atoms with van der Waals surface area (Å²) in [7, 11) is 0. The number of carbonyl (C=O) groups excluding carboxylic acids is 2. The van der Waals surface area contributed by atoms with Crippen molar-refractivity contribution in [3.63, 3.8) is 0 Å². The molecule has 2 amide bonds. The van der Waals surface area contributed by atoms with Gasteiger partial charge >= 0.3 is 0 Å². The number of furan rings is 1. The van der Waals surface area contributed by atoms with Crippen molar-refractivity contribution in [1.29, 1.82) is 5.26 Å². The number of anilines is 1. The van der Waals surface area contributed by atoms with Gasteiger partial charge in [0.1, 0.15) is 6.07 Å². The molecule has 10 heteroatoms. The van der Waals surface area contributed by atoms with E-state index in [1.807, 2.05) is 11.0 Å². The van der Waals surface area contributed by atoms with Gasteiger partial charge in [0.25, 0.3) is 5.89 Å². The van der Waals surface area contributed by atoms with Crippen LogP contribution in [0.2, 0.25) is 5.02 Å². The minimum atomic E-state index is -0.316. The fourth-order valence-electron chi connectivity index (χ4n) is 3.51. The predicted octanol–water partition coefficient (Wildman–Crippen LogP) is 3.07. The van der Waals surface area contributed by atoms with Crippen molar-refractivity contribution in [2.75, 3.05) is 18.0 Å². The Balaban J connectivity index is 1.28. The number of nitriles is 1. The van der Waals surface area contributed by atoms with E-state index in [0.717, 1.165) is 5.56 Å². The van der Waals surface area contributed by atoms with Crippen LogP contribution in [-0.2, 0) is 16.0 Å². The first kappa shape index (κ1) is 21.5. The summed E-state index contributed by atoms with van der Waals surface area (Å²) >= 11 is 5.84. The van der Waals surface area contributed by atoms with Crippen molar-refractivity contribution >= 4 is 29.3 Å². The van der Waals surface area contributed by atoms with Gasteiger partial charge in [0.2, 0.25) is 23.4 Å². The quantitative estimate of drug-likeness (QED) is 0.569. The Labute approximate surface area is 188 Å². The number of aromatic nitrogens is 1. The molecule has 1 fully saturated rings. The first-order valence-corrected chi connectivity index (χ1v) is 10.4. The highest BCUT2D eigenvalue weighted by atomic mass is 35.5. The summed E-state index contributed by atoms with van der Waals surface area (Å²) in [5.74, 6) is 0.225. The second-order valence-corrected chi connectivity index (χ2v) is 7.80. The van der Waals surface area contributed by atoms with E-state index < -0.39 is 0 Å². The van der Waals surface area contributed by atoms with Crippen LogP contribution in [0.5, 0.6) is 0 Å². The van der Waals surface area contributed by atoms with Gasteiger partial charge in [-0.05, 0) is 42.7 Å². The Kier molecular flexibility index (Phi) is 6.42. The molecule has 9 nitrogen and oxygen atoms in total. The maximum absolute atomic E-state index is 12.5. The van der Waals surface area contributed by atoms with Gasteiger partial charge in [-0.3, -0.25) is 20.4 Å². The molecule has 0 aliphatic carbocycles. The number of oxazole rings is 1. The lowest BCUT2D eigenvalue weighted by molar-refractivity contribution is -0.131. The van der Waals surface area contributed by atoms with E-state index >= 15 is 0 Å². The lowest BCUT2D eigenvalue weighted by atomic mass is 9.96. The summed E-state index contributed by atoms with van der Waals surface area (Å²) in [4.78, 5) is 30.6. The number of benzene rings is 1. The van der Waals surface area contributed by atoms with Crippen LogP contribution in [0.25, 0.3) is 11.7 Å². The minimum Gasteiger partial charge on any atom is -0.459 e. The van der Waals surface area contributed by atoms with E-state index in [-0.39, 0.29) is 35.7 Å². The summed E-state index contributed by atoms with van der Waals surface area (Å²) in [6.07, 6.45) is 2.72. The highest BCUT2D eigenvalue weighted by Crippen LogP contribution is 2.31. The predicted molar refractivity (Wildman–Crippen MR) is 115 cm³/mol. The van der Waals surface area contributed by atoms with Crippen molar-refractivity contribution in [3.05, 3.63) is 58.9 Å². The third-order valence-electron chi connectivity index (χ3n) is 5.20. The molecule has 2 aromatic heterocycles.